The fourth-order valence-corrected chi connectivity index (χ4v) is 1.85. The van der Waals surface area contributed by atoms with Gasteiger partial charge in [-0.15, -0.1) is 0 Å². The van der Waals surface area contributed by atoms with Gasteiger partial charge in [-0.3, -0.25) is 4.79 Å². The van der Waals surface area contributed by atoms with Crippen molar-refractivity contribution in [2.75, 3.05) is 25.0 Å². The predicted octanol–water partition coefficient (Wildman–Crippen LogP) is -0.336. The number of nitrogens with two attached hydrogens (primary N) is 1. The first-order valence-electron chi connectivity index (χ1n) is 5.90. The molecule has 1 aliphatic heterocycles. The molecule has 2 heterocycles. The van der Waals surface area contributed by atoms with E-state index in [0.29, 0.717) is 24.2 Å². The van der Waals surface area contributed by atoms with Crippen LogP contribution >= 0.6 is 0 Å². The van der Waals surface area contributed by atoms with Crippen molar-refractivity contribution in [3.63, 3.8) is 0 Å². The second-order valence-corrected chi connectivity index (χ2v) is 4.23. The Kier molecular flexibility index (Phi) is 4.11. The van der Waals surface area contributed by atoms with Gasteiger partial charge in [-0.05, 0) is 19.8 Å². The first kappa shape index (κ1) is 12.1. The molecule has 1 aromatic rings. The number of anilines is 1. The predicted molar refractivity (Wildman–Crippen MR) is 60.5 cm³/mol. The monoisotopic (exact) mass is 240 g/mol. The van der Waals surface area contributed by atoms with Gasteiger partial charge in [0.1, 0.15) is 18.4 Å². The number of rotatable bonds is 5. The number of carbonyl (C=O) groups excluding carboxylic acids is 1. The van der Waals surface area contributed by atoms with Gasteiger partial charge in [-0.25, -0.2) is 0 Å². The third-order valence-electron chi connectivity index (χ3n) is 2.68. The van der Waals surface area contributed by atoms with Crippen LogP contribution in [0.25, 0.3) is 0 Å². The third-order valence-corrected chi connectivity index (χ3v) is 2.68. The summed E-state index contributed by atoms with van der Waals surface area (Å²) in [6.45, 7) is 3.85. The summed E-state index contributed by atoms with van der Waals surface area (Å²) < 4.78 is 10.3. The van der Waals surface area contributed by atoms with Crippen LogP contribution in [0.5, 0.6) is 0 Å². The summed E-state index contributed by atoms with van der Waals surface area (Å²) in [4.78, 5) is 11.5. The van der Waals surface area contributed by atoms with Crippen molar-refractivity contribution in [1.82, 2.24) is 5.16 Å². The van der Waals surface area contributed by atoms with Gasteiger partial charge in [0.15, 0.2) is 12.4 Å². The van der Waals surface area contributed by atoms with Gasteiger partial charge in [-0.1, -0.05) is 5.16 Å². The minimum absolute atomic E-state index is 0.0729. The fraction of sp³-hybridized carbons (Fsp3) is 0.636. The Morgan fingerprint density at radius 3 is 3.24 bits per heavy atom. The second kappa shape index (κ2) is 5.79. The van der Waals surface area contributed by atoms with E-state index in [1.165, 1.54) is 0 Å². The number of nitrogens with one attached hydrogen (secondary N) is 1. The number of quaternary nitrogens is 1. The molecule has 0 unspecified atom stereocenters. The van der Waals surface area contributed by atoms with E-state index in [9.17, 15) is 4.79 Å². The molecule has 1 fully saturated rings. The average Bonchev–Trinajstić information content (AvgIpc) is 2.90. The molecule has 0 bridgehead atoms. The SMILES string of the molecule is Cc1cc(NC(=O)C[NH2+]C[C@H]2CCCO2)no1. The van der Waals surface area contributed by atoms with E-state index >= 15 is 0 Å². The van der Waals surface area contributed by atoms with E-state index < -0.39 is 0 Å². The lowest BCUT2D eigenvalue weighted by atomic mass is 10.2. The lowest BCUT2D eigenvalue weighted by Crippen LogP contribution is -2.88. The second-order valence-electron chi connectivity index (χ2n) is 4.23. The lowest BCUT2D eigenvalue weighted by molar-refractivity contribution is -0.649. The molecule has 1 amide bonds. The first-order valence-corrected chi connectivity index (χ1v) is 5.90. The molecular formula is C11H18N3O3+. The van der Waals surface area contributed by atoms with Gasteiger partial charge in [0.05, 0.1) is 0 Å². The Morgan fingerprint density at radius 2 is 2.59 bits per heavy atom. The van der Waals surface area contributed by atoms with Crippen LogP contribution in [0, 0.1) is 6.92 Å². The molecule has 94 valence electrons. The fourth-order valence-electron chi connectivity index (χ4n) is 1.85. The number of aromatic nitrogens is 1. The topological polar surface area (TPSA) is 81.0 Å². The number of aryl methyl sites for hydroxylation is 1. The maximum Gasteiger partial charge on any atom is 0.280 e. The van der Waals surface area contributed by atoms with Crippen LogP contribution < -0.4 is 10.6 Å². The summed E-state index contributed by atoms with van der Waals surface area (Å²) in [6, 6.07) is 1.69. The van der Waals surface area contributed by atoms with E-state index in [1.807, 2.05) is 5.32 Å². The third kappa shape index (κ3) is 3.83. The van der Waals surface area contributed by atoms with Crippen LogP contribution in [-0.2, 0) is 9.53 Å². The molecule has 0 aliphatic carbocycles. The average molecular weight is 240 g/mol. The van der Waals surface area contributed by atoms with Crippen LogP contribution in [0.3, 0.4) is 0 Å². The summed E-state index contributed by atoms with van der Waals surface area (Å²) in [5.41, 5.74) is 0. The Bertz CT molecular complexity index is 372. The molecule has 0 saturated carbocycles. The minimum atomic E-state index is -0.0729. The highest BCUT2D eigenvalue weighted by molar-refractivity contribution is 5.90. The molecule has 1 atom stereocenters. The normalized spacial score (nSPS) is 19.5. The van der Waals surface area contributed by atoms with Gasteiger partial charge in [0.25, 0.3) is 5.91 Å². The number of nitrogens with zero attached hydrogens (tertiary/aromatic N) is 1. The highest BCUT2D eigenvalue weighted by atomic mass is 16.5. The van der Waals surface area contributed by atoms with Crippen molar-refractivity contribution in [1.29, 1.82) is 0 Å². The highest BCUT2D eigenvalue weighted by Crippen LogP contribution is 2.09. The zero-order chi connectivity index (χ0) is 12.1. The standard InChI is InChI=1S/C11H17N3O3/c1-8-5-10(14-17-8)13-11(15)7-12-6-9-3-2-4-16-9/h5,9,12H,2-4,6-7H2,1H3,(H,13,14,15)/p+1/t9-/m1/s1. The maximum atomic E-state index is 11.5. The van der Waals surface area contributed by atoms with E-state index in [-0.39, 0.29) is 5.91 Å². The van der Waals surface area contributed by atoms with Gasteiger partial charge < -0.3 is 19.9 Å². The van der Waals surface area contributed by atoms with Gasteiger partial charge in [0.2, 0.25) is 0 Å². The molecule has 6 nitrogen and oxygen atoms in total. The molecular weight excluding hydrogens is 222 g/mol. The zero-order valence-electron chi connectivity index (χ0n) is 9.94. The van der Waals surface area contributed by atoms with E-state index in [4.69, 9.17) is 9.26 Å². The highest BCUT2D eigenvalue weighted by Gasteiger charge is 2.17. The minimum Gasteiger partial charge on any atom is -0.372 e. The van der Waals surface area contributed by atoms with Gasteiger partial charge in [0, 0.05) is 12.7 Å². The number of ether oxygens (including phenoxy) is 1. The lowest BCUT2D eigenvalue weighted by Gasteiger charge is -2.07. The van der Waals surface area contributed by atoms with Crippen molar-refractivity contribution in [3.8, 4) is 0 Å². The molecule has 6 heteroatoms. The van der Waals surface area contributed by atoms with E-state index in [2.05, 4.69) is 10.5 Å². The summed E-state index contributed by atoms with van der Waals surface area (Å²) >= 11 is 0. The van der Waals surface area contributed by atoms with E-state index in [0.717, 1.165) is 26.0 Å². The molecule has 1 aliphatic rings. The Labute approximate surface area is 99.7 Å². The van der Waals surface area contributed by atoms with Crippen molar-refractivity contribution >= 4 is 11.7 Å². The molecule has 2 rings (SSSR count). The van der Waals surface area contributed by atoms with Crippen molar-refractivity contribution in [2.24, 2.45) is 0 Å². The van der Waals surface area contributed by atoms with Crippen LogP contribution in [0.15, 0.2) is 10.6 Å². The van der Waals surface area contributed by atoms with Crippen molar-refractivity contribution in [3.05, 3.63) is 11.8 Å². The quantitative estimate of drug-likeness (QED) is 0.738. The Balaban J connectivity index is 1.63. The largest absolute Gasteiger partial charge is 0.372 e. The van der Waals surface area contributed by atoms with Crippen molar-refractivity contribution < 1.29 is 19.4 Å². The number of hydrogen-bond acceptors (Lipinski definition) is 4. The van der Waals surface area contributed by atoms with Crippen LogP contribution in [0.1, 0.15) is 18.6 Å². The van der Waals surface area contributed by atoms with Gasteiger partial charge >= 0.3 is 0 Å². The van der Waals surface area contributed by atoms with Crippen molar-refractivity contribution in [2.45, 2.75) is 25.9 Å². The maximum absolute atomic E-state index is 11.5. The van der Waals surface area contributed by atoms with Crippen LogP contribution in [0.2, 0.25) is 0 Å². The molecule has 17 heavy (non-hydrogen) atoms. The first-order chi connectivity index (χ1) is 8.24. The molecule has 0 aromatic carbocycles. The Morgan fingerprint density at radius 1 is 1.71 bits per heavy atom. The number of hydrogen-bond donors (Lipinski definition) is 2. The molecule has 3 N–H and O–H groups in total. The van der Waals surface area contributed by atoms with Gasteiger partial charge in [-0.2, -0.15) is 0 Å². The molecule has 0 radical (unpaired) electrons. The molecule has 0 spiro atoms. The number of carbonyl (C=O) groups is 1. The Hall–Kier alpha value is -1.40. The summed E-state index contributed by atoms with van der Waals surface area (Å²) in [5, 5.41) is 8.32. The van der Waals surface area contributed by atoms with E-state index in [1.54, 1.807) is 13.0 Å². The molecule has 1 saturated heterocycles. The summed E-state index contributed by atoms with van der Waals surface area (Å²) in [5.74, 6) is 1.08. The number of amides is 1. The smallest absolute Gasteiger partial charge is 0.280 e. The van der Waals surface area contributed by atoms with Crippen LogP contribution in [0.4, 0.5) is 5.82 Å². The van der Waals surface area contributed by atoms with Crippen LogP contribution in [-0.4, -0.2) is 36.9 Å². The zero-order valence-corrected chi connectivity index (χ0v) is 9.94. The summed E-state index contributed by atoms with van der Waals surface area (Å²) in [7, 11) is 0. The molecule has 1 aromatic heterocycles. The summed E-state index contributed by atoms with van der Waals surface area (Å²) in [6.07, 6.45) is 2.53.